The minimum absolute atomic E-state index is 0.115. The van der Waals surface area contributed by atoms with Crippen LogP contribution in [0.15, 0.2) is 35.8 Å². The smallest absolute Gasteiger partial charge is 0.195 e. The molecule has 28 heavy (non-hydrogen) atoms. The fraction of sp³-hybridized carbons (Fsp3) is 0.250. The van der Waals surface area contributed by atoms with Gasteiger partial charge < -0.3 is 0 Å². The van der Waals surface area contributed by atoms with Crippen LogP contribution in [-0.2, 0) is 6.42 Å². The molecule has 0 N–H and O–H groups in total. The van der Waals surface area contributed by atoms with Gasteiger partial charge >= 0.3 is 0 Å². The Morgan fingerprint density at radius 2 is 2.00 bits per heavy atom. The number of hydrogen-bond donors (Lipinski definition) is 0. The number of imidazole rings is 1. The van der Waals surface area contributed by atoms with Crippen molar-refractivity contribution < 1.29 is 4.39 Å². The molecule has 0 aliphatic rings. The van der Waals surface area contributed by atoms with Crippen LogP contribution in [0.25, 0.3) is 16.2 Å². The average Bonchev–Trinajstić information content (AvgIpc) is 3.37. The number of nitriles is 1. The Morgan fingerprint density at radius 3 is 2.64 bits per heavy atom. The maximum atomic E-state index is 13.3. The molecule has 8 heteroatoms. The second kappa shape index (κ2) is 7.34. The molecule has 4 rings (SSSR count). The SMILES string of the molecule is CCc1nc2sccn2c1N(c1nc(-c2ccc(F)cc2)c(C#N)s1)C(C)C. The van der Waals surface area contributed by atoms with Crippen molar-refractivity contribution in [2.24, 2.45) is 0 Å². The van der Waals surface area contributed by atoms with E-state index < -0.39 is 0 Å². The quantitative estimate of drug-likeness (QED) is 0.426. The Labute approximate surface area is 170 Å². The first-order chi connectivity index (χ1) is 13.5. The zero-order valence-corrected chi connectivity index (χ0v) is 17.3. The number of nitrogens with zero attached hydrogens (tertiary/aromatic N) is 5. The van der Waals surface area contributed by atoms with Crippen LogP contribution < -0.4 is 4.90 Å². The second-order valence-electron chi connectivity index (χ2n) is 6.55. The van der Waals surface area contributed by atoms with Crippen LogP contribution in [0.1, 0.15) is 31.3 Å². The number of thiazole rings is 2. The Bertz CT molecular complexity index is 1160. The van der Waals surface area contributed by atoms with Crippen molar-refractivity contribution in [1.29, 1.82) is 5.26 Å². The summed E-state index contributed by atoms with van der Waals surface area (Å²) in [6, 6.07) is 8.44. The predicted molar refractivity (Wildman–Crippen MR) is 112 cm³/mol. The standard InChI is InChI=1S/C20H18FN5S2/c1-4-15-18(25-9-10-27-19(25)23-15)26(12(2)3)20-24-17(16(11-22)28-20)13-5-7-14(21)8-6-13/h5-10,12H,4H2,1-3H3. The predicted octanol–water partition coefficient (Wildman–Crippen LogP) is 5.64. The summed E-state index contributed by atoms with van der Waals surface area (Å²) in [5.41, 5.74) is 2.31. The van der Waals surface area contributed by atoms with Gasteiger partial charge in [-0.2, -0.15) is 5.26 Å². The van der Waals surface area contributed by atoms with Crippen LogP contribution in [0.2, 0.25) is 0 Å². The van der Waals surface area contributed by atoms with E-state index in [2.05, 4.69) is 36.1 Å². The lowest BCUT2D eigenvalue weighted by atomic mass is 10.1. The fourth-order valence-electron chi connectivity index (χ4n) is 3.16. The average molecular weight is 412 g/mol. The van der Waals surface area contributed by atoms with Crippen LogP contribution in [0.4, 0.5) is 15.3 Å². The van der Waals surface area contributed by atoms with E-state index >= 15 is 0 Å². The third kappa shape index (κ3) is 3.07. The molecular formula is C20H18FN5S2. The van der Waals surface area contributed by atoms with Crippen molar-refractivity contribution in [2.75, 3.05) is 4.90 Å². The molecule has 0 amide bonds. The van der Waals surface area contributed by atoms with E-state index in [0.29, 0.717) is 10.6 Å². The van der Waals surface area contributed by atoms with Gasteiger partial charge in [0.2, 0.25) is 0 Å². The van der Waals surface area contributed by atoms with Gasteiger partial charge in [0.1, 0.15) is 28.3 Å². The van der Waals surface area contributed by atoms with E-state index in [1.165, 1.54) is 23.5 Å². The number of halogens is 1. The Kier molecular flexibility index (Phi) is 4.87. The van der Waals surface area contributed by atoms with Gasteiger partial charge in [0.15, 0.2) is 10.1 Å². The first-order valence-electron chi connectivity index (χ1n) is 8.94. The van der Waals surface area contributed by atoms with E-state index in [4.69, 9.17) is 9.97 Å². The number of fused-ring (bicyclic) bond motifs is 1. The lowest BCUT2D eigenvalue weighted by Gasteiger charge is -2.26. The van der Waals surface area contributed by atoms with Crippen molar-refractivity contribution in [1.82, 2.24) is 14.4 Å². The summed E-state index contributed by atoms with van der Waals surface area (Å²) >= 11 is 2.94. The van der Waals surface area contributed by atoms with E-state index in [9.17, 15) is 9.65 Å². The highest BCUT2D eigenvalue weighted by atomic mass is 32.1. The molecule has 0 fully saturated rings. The molecule has 0 saturated heterocycles. The molecular weight excluding hydrogens is 393 g/mol. The third-order valence-corrected chi connectivity index (χ3v) is 6.14. The summed E-state index contributed by atoms with van der Waals surface area (Å²) < 4.78 is 15.4. The molecule has 0 bridgehead atoms. The fourth-order valence-corrected chi connectivity index (χ4v) is 4.91. The first-order valence-corrected chi connectivity index (χ1v) is 10.6. The normalized spacial score (nSPS) is 11.3. The van der Waals surface area contributed by atoms with Gasteiger partial charge in [0.25, 0.3) is 0 Å². The number of aromatic nitrogens is 3. The topological polar surface area (TPSA) is 57.2 Å². The molecule has 142 valence electrons. The highest BCUT2D eigenvalue weighted by molar-refractivity contribution is 7.16. The number of anilines is 2. The maximum Gasteiger partial charge on any atom is 0.195 e. The van der Waals surface area contributed by atoms with Crippen molar-refractivity contribution in [3.8, 4) is 17.3 Å². The van der Waals surface area contributed by atoms with Crippen molar-refractivity contribution in [2.45, 2.75) is 33.2 Å². The highest BCUT2D eigenvalue weighted by Gasteiger charge is 2.26. The second-order valence-corrected chi connectivity index (χ2v) is 8.40. The van der Waals surface area contributed by atoms with Crippen LogP contribution in [-0.4, -0.2) is 20.4 Å². The van der Waals surface area contributed by atoms with Gasteiger partial charge in [-0.3, -0.25) is 9.30 Å². The summed E-state index contributed by atoms with van der Waals surface area (Å²) in [6.07, 6.45) is 2.81. The molecule has 1 aromatic carbocycles. The number of benzene rings is 1. The van der Waals surface area contributed by atoms with Gasteiger partial charge in [0, 0.05) is 23.2 Å². The Morgan fingerprint density at radius 1 is 1.25 bits per heavy atom. The monoisotopic (exact) mass is 411 g/mol. The molecule has 0 radical (unpaired) electrons. The maximum absolute atomic E-state index is 13.3. The molecule has 0 aliphatic carbocycles. The Balaban J connectivity index is 1.89. The molecule has 0 saturated carbocycles. The lowest BCUT2D eigenvalue weighted by molar-refractivity contribution is 0.628. The van der Waals surface area contributed by atoms with E-state index in [0.717, 1.165) is 33.6 Å². The molecule has 3 heterocycles. The molecule has 0 unspecified atom stereocenters. The summed E-state index contributed by atoms with van der Waals surface area (Å²) in [4.78, 5) is 13.1. The van der Waals surface area contributed by atoms with Crippen LogP contribution in [0.3, 0.4) is 0 Å². The molecule has 0 atom stereocenters. The minimum Gasteiger partial charge on any atom is -0.299 e. The van der Waals surface area contributed by atoms with Crippen molar-refractivity contribution in [3.63, 3.8) is 0 Å². The molecule has 5 nitrogen and oxygen atoms in total. The van der Waals surface area contributed by atoms with Crippen LogP contribution in [0.5, 0.6) is 0 Å². The zero-order valence-electron chi connectivity index (χ0n) is 15.7. The molecule has 0 spiro atoms. The highest BCUT2D eigenvalue weighted by Crippen LogP contribution is 2.39. The number of aryl methyl sites for hydroxylation is 1. The minimum atomic E-state index is -0.312. The molecule has 0 aliphatic heterocycles. The van der Waals surface area contributed by atoms with E-state index in [1.807, 2.05) is 11.6 Å². The van der Waals surface area contributed by atoms with Gasteiger partial charge in [0.05, 0.1) is 5.69 Å². The lowest BCUT2D eigenvalue weighted by Crippen LogP contribution is -2.27. The number of rotatable bonds is 5. The van der Waals surface area contributed by atoms with Gasteiger partial charge in [-0.25, -0.2) is 14.4 Å². The van der Waals surface area contributed by atoms with Gasteiger partial charge in [-0.15, -0.1) is 11.3 Å². The summed E-state index contributed by atoms with van der Waals surface area (Å²) in [6.45, 7) is 6.27. The first kappa shape index (κ1) is 18.6. The summed E-state index contributed by atoms with van der Waals surface area (Å²) in [5.74, 6) is 0.672. The zero-order chi connectivity index (χ0) is 19.8. The molecule has 4 aromatic rings. The van der Waals surface area contributed by atoms with E-state index in [1.54, 1.807) is 23.5 Å². The van der Waals surface area contributed by atoms with Crippen LogP contribution >= 0.6 is 22.7 Å². The summed E-state index contributed by atoms with van der Waals surface area (Å²) in [5, 5.41) is 12.4. The van der Waals surface area contributed by atoms with Crippen LogP contribution in [0, 0.1) is 17.1 Å². The Hall–Kier alpha value is -2.76. The van der Waals surface area contributed by atoms with Crippen molar-refractivity contribution in [3.05, 3.63) is 52.2 Å². The van der Waals surface area contributed by atoms with E-state index in [-0.39, 0.29) is 11.9 Å². The molecule has 3 aromatic heterocycles. The van der Waals surface area contributed by atoms with Gasteiger partial charge in [-0.1, -0.05) is 18.3 Å². The summed E-state index contributed by atoms with van der Waals surface area (Å²) in [7, 11) is 0. The number of hydrogen-bond acceptors (Lipinski definition) is 6. The third-order valence-electron chi connectivity index (χ3n) is 4.43. The largest absolute Gasteiger partial charge is 0.299 e. The van der Waals surface area contributed by atoms with Crippen molar-refractivity contribution >= 4 is 38.6 Å². The van der Waals surface area contributed by atoms with Gasteiger partial charge in [-0.05, 0) is 44.5 Å².